The molecule has 1 aromatic rings. The van der Waals surface area contributed by atoms with Crippen molar-refractivity contribution in [3.63, 3.8) is 0 Å². The monoisotopic (exact) mass is 339 g/mol. The molecule has 0 saturated carbocycles. The SMILES string of the molecule is CCN1CCN(C(=O)CNc2ccc(Br)cc2C)CC1. The molecule has 1 aliphatic heterocycles. The molecule has 1 heterocycles. The number of carbonyl (C=O) groups is 1. The number of nitrogens with one attached hydrogen (secondary N) is 1. The number of carbonyl (C=O) groups excluding carboxylic acids is 1. The van der Waals surface area contributed by atoms with E-state index in [2.05, 4.69) is 33.1 Å². The molecule has 1 saturated heterocycles. The van der Waals surface area contributed by atoms with Crippen LogP contribution in [0.2, 0.25) is 0 Å². The zero-order chi connectivity index (χ0) is 14.5. The summed E-state index contributed by atoms with van der Waals surface area (Å²) in [5, 5.41) is 3.24. The molecule has 5 heteroatoms. The predicted octanol–water partition coefficient (Wildman–Crippen LogP) is 2.33. The summed E-state index contributed by atoms with van der Waals surface area (Å²) < 4.78 is 1.06. The van der Waals surface area contributed by atoms with Crippen molar-refractivity contribution in [2.24, 2.45) is 0 Å². The van der Waals surface area contributed by atoms with Crippen LogP contribution in [0.25, 0.3) is 0 Å². The van der Waals surface area contributed by atoms with E-state index in [0.717, 1.165) is 48.4 Å². The minimum atomic E-state index is 0.183. The number of rotatable bonds is 4. The number of hydrogen-bond acceptors (Lipinski definition) is 3. The minimum absolute atomic E-state index is 0.183. The van der Waals surface area contributed by atoms with E-state index in [0.29, 0.717) is 6.54 Å². The van der Waals surface area contributed by atoms with Crippen LogP contribution in [0.4, 0.5) is 5.69 Å². The summed E-state index contributed by atoms with van der Waals surface area (Å²) in [4.78, 5) is 16.5. The van der Waals surface area contributed by atoms with Gasteiger partial charge in [-0.2, -0.15) is 0 Å². The van der Waals surface area contributed by atoms with Crippen LogP contribution in [-0.4, -0.2) is 55.0 Å². The van der Waals surface area contributed by atoms with Gasteiger partial charge in [0.15, 0.2) is 0 Å². The maximum atomic E-state index is 12.2. The van der Waals surface area contributed by atoms with Crippen molar-refractivity contribution >= 4 is 27.5 Å². The molecule has 0 spiro atoms. The smallest absolute Gasteiger partial charge is 0.241 e. The van der Waals surface area contributed by atoms with Gasteiger partial charge in [-0.05, 0) is 37.2 Å². The Labute approximate surface area is 129 Å². The zero-order valence-corrected chi connectivity index (χ0v) is 13.7. The van der Waals surface area contributed by atoms with Gasteiger partial charge in [-0.15, -0.1) is 0 Å². The van der Waals surface area contributed by atoms with Crippen molar-refractivity contribution in [2.45, 2.75) is 13.8 Å². The highest BCUT2D eigenvalue weighted by molar-refractivity contribution is 9.10. The molecule has 0 atom stereocenters. The van der Waals surface area contributed by atoms with E-state index in [1.165, 1.54) is 0 Å². The lowest BCUT2D eigenvalue weighted by molar-refractivity contribution is -0.131. The van der Waals surface area contributed by atoms with Crippen LogP contribution < -0.4 is 5.32 Å². The second-order valence-electron chi connectivity index (χ2n) is 5.13. The van der Waals surface area contributed by atoms with E-state index in [1.54, 1.807) is 0 Å². The molecule has 1 N–H and O–H groups in total. The quantitative estimate of drug-likeness (QED) is 0.914. The maximum absolute atomic E-state index is 12.2. The first-order valence-corrected chi connectivity index (χ1v) is 7.89. The van der Waals surface area contributed by atoms with Crippen LogP contribution >= 0.6 is 15.9 Å². The summed E-state index contributed by atoms with van der Waals surface area (Å²) in [7, 11) is 0. The number of amides is 1. The Bertz CT molecular complexity index is 470. The minimum Gasteiger partial charge on any atom is -0.376 e. The predicted molar refractivity (Wildman–Crippen MR) is 86.1 cm³/mol. The highest BCUT2D eigenvalue weighted by atomic mass is 79.9. The molecule has 0 radical (unpaired) electrons. The van der Waals surface area contributed by atoms with E-state index in [4.69, 9.17) is 0 Å². The first-order valence-electron chi connectivity index (χ1n) is 7.10. The lowest BCUT2D eigenvalue weighted by atomic mass is 10.2. The molecule has 4 nitrogen and oxygen atoms in total. The molecule has 0 bridgehead atoms. The van der Waals surface area contributed by atoms with E-state index in [-0.39, 0.29) is 5.91 Å². The number of anilines is 1. The molecular weight excluding hydrogens is 318 g/mol. The number of piperazine rings is 1. The number of nitrogens with zero attached hydrogens (tertiary/aromatic N) is 2. The molecular formula is C15H22BrN3O. The van der Waals surface area contributed by atoms with Crippen LogP contribution in [0.15, 0.2) is 22.7 Å². The Morgan fingerprint density at radius 3 is 2.60 bits per heavy atom. The Morgan fingerprint density at radius 1 is 1.30 bits per heavy atom. The van der Waals surface area contributed by atoms with Gasteiger partial charge in [0, 0.05) is 36.3 Å². The fraction of sp³-hybridized carbons (Fsp3) is 0.533. The number of halogens is 1. The standard InChI is InChI=1S/C15H22BrN3O/c1-3-18-6-8-19(9-7-18)15(20)11-17-14-5-4-13(16)10-12(14)2/h4-5,10,17H,3,6-9,11H2,1-2H3. The van der Waals surface area contributed by atoms with E-state index < -0.39 is 0 Å². The molecule has 1 fully saturated rings. The molecule has 0 aromatic heterocycles. The van der Waals surface area contributed by atoms with E-state index in [9.17, 15) is 4.79 Å². The molecule has 20 heavy (non-hydrogen) atoms. The van der Waals surface area contributed by atoms with Crippen molar-refractivity contribution in [3.05, 3.63) is 28.2 Å². The van der Waals surface area contributed by atoms with Gasteiger partial charge in [0.25, 0.3) is 0 Å². The van der Waals surface area contributed by atoms with Gasteiger partial charge < -0.3 is 15.1 Å². The lowest BCUT2D eigenvalue weighted by Gasteiger charge is -2.34. The molecule has 1 amide bonds. The maximum Gasteiger partial charge on any atom is 0.241 e. The summed E-state index contributed by atoms with van der Waals surface area (Å²) >= 11 is 3.44. The second kappa shape index (κ2) is 7.09. The van der Waals surface area contributed by atoms with Crippen LogP contribution in [0.5, 0.6) is 0 Å². The van der Waals surface area contributed by atoms with Gasteiger partial charge in [-0.1, -0.05) is 22.9 Å². The first kappa shape index (κ1) is 15.3. The van der Waals surface area contributed by atoms with Gasteiger partial charge in [-0.3, -0.25) is 4.79 Å². The van der Waals surface area contributed by atoms with Crippen LogP contribution in [-0.2, 0) is 4.79 Å². The Hall–Kier alpha value is -1.07. The molecule has 2 rings (SSSR count). The fourth-order valence-electron chi connectivity index (χ4n) is 2.42. The highest BCUT2D eigenvalue weighted by Gasteiger charge is 2.19. The topological polar surface area (TPSA) is 35.6 Å². The molecule has 0 aliphatic carbocycles. The zero-order valence-electron chi connectivity index (χ0n) is 12.2. The van der Waals surface area contributed by atoms with Crippen LogP contribution in [0.1, 0.15) is 12.5 Å². The van der Waals surface area contributed by atoms with Crippen molar-refractivity contribution in [2.75, 3.05) is 44.6 Å². The van der Waals surface area contributed by atoms with Gasteiger partial charge >= 0.3 is 0 Å². The number of hydrogen-bond donors (Lipinski definition) is 1. The third-order valence-electron chi connectivity index (χ3n) is 3.79. The van der Waals surface area contributed by atoms with Gasteiger partial charge in [0.05, 0.1) is 6.54 Å². The van der Waals surface area contributed by atoms with Crippen molar-refractivity contribution in [1.82, 2.24) is 9.80 Å². The summed E-state index contributed by atoms with van der Waals surface area (Å²) in [5.41, 5.74) is 2.16. The fourth-order valence-corrected chi connectivity index (χ4v) is 2.90. The summed E-state index contributed by atoms with van der Waals surface area (Å²) in [6.45, 7) is 9.29. The van der Waals surface area contributed by atoms with E-state index >= 15 is 0 Å². The number of likely N-dealkylation sites (N-methyl/N-ethyl adjacent to an activating group) is 1. The summed E-state index contributed by atoms with van der Waals surface area (Å²) in [5.74, 6) is 0.183. The Morgan fingerprint density at radius 2 is 2.00 bits per heavy atom. The molecule has 1 aromatic carbocycles. The van der Waals surface area contributed by atoms with Crippen molar-refractivity contribution < 1.29 is 4.79 Å². The number of aryl methyl sites for hydroxylation is 1. The van der Waals surface area contributed by atoms with Crippen LogP contribution in [0.3, 0.4) is 0 Å². The Kier molecular flexibility index (Phi) is 5.43. The van der Waals surface area contributed by atoms with E-state index in [1.807, 2.05) is 30.0 Å². The third-order valence-corrected chi connectivity index (χ3v) is 4.28. The molecule has 0 unspecified atom stereocenters. The molecule has 1 aliphatic rings. The third kappa shape index (κ3) is 3.96. The largest absolute Gasteiger partial charge is 0.376 e. The van der Waals surface area contributed by atoms with Gasteiger partial charge in [0.1, 0.15) is 0 Å². The normalized spacial score (nSPS) is 16.2. The average molecular weight is 340 g/mol. The van der Waals surface area contributed by atoms with Crippen molar-refractivity contribution in [1.29, 1.82) is 0 Å². The summed E-state index contributed by atoms with van der Waals surface area (Å²) in [6, 6.07) is 6.04. The first-order chi connectivity index (χ1) is 9.60. The molecule has 110 valence electrons. The Balaban J connectivity index is 1.83. The van der Waals surface area contributed by atoms with Crippen LogP contribution in [0, 0.1) is 6.92 Å². The van der Waals surface area contributed by atoms with Gasteiger partial charge in [0.2, 0.25) is 5.91 Å². The number of benzene rings is 1. The second-order valence-corrected chi connectivity index (χ2v) is 6.04. The average Bonchev–Trinajstić information content (AvgIpc) is 2.46. The lowest BCUT2D eigenvalue weighted by Crippen LogP contribution is -2.49. The van der Waals surface area contributed by atoms with Crippen molar-refractivity contribution in [3.8, 4) is 0 Å². The highest BCUT2D eigenvalue weighted by Crippen LogP contribution is 2.19. The van der Waals surface area contributed by atoms with Gasteiger partial charge in [-0.25, -0.2) is 0 Å². The summed E-state index contributed by atoms with van der Waals surface area (Å²) in [6.07, 6.45) is 0.